The third kappa shape index (κ3) is 5.52. The van der Waals surface area contributed by atoms with Crippen LogP contribution in [0.3, 0.4) is 0 Å². The Kier molecular flexibility index (Phi) is 7.77. The highest BCUT2D eigenvalue weighted by Gasteiger charge is 2.43. The van der Waals surface area contributed by atoms with Gasteiger partial charge in [-0.05, 0) is 37.4 Å². The summed E-state index contributed by atoms with van der Waals surface area (Å²) in [4.78, 5) is 17.1. The van der Waals surface area contributed by atoms with Gasteiger partial charge in [-0.3, -0.25) is 0 Å². The molecular formula is C25H22N2O4S4. The molecule has 0 spiro atoms. The van der Waals surface area contributed by atoms with E-state index in [0.717, 1.165) is 31.2 Å². The van der Waals surface area contributed by atoms with E-state index in [1.165, 1.54) is 17.0 Å². The van der Waals surface area contributed by atoms with Crippen molar-refractivity contribution in [2.45, 2.75) is 16.7 Å². The number of fused-ring (bicyclic) bond motifs is 1. The van der Waals surface area contributed by atoms with Gasteiger partial charge in [0.15, 0.2) is 4.91 Å². The van der Waals surface area contributed by atoms with Crippen LogP contribution >= 0.6 is 35.3 Å². The fourth-order valence-electron chi connectivity index (χ4n) is 3.44. The maximum atomic E-state index is 13.1. The number of para-hydroxylation sites is 2. The number of aryl methyl sites for hydroxylation is 1. The number of amides is 1. The van der Waals surface area contributed by atoms with Gasteiger partial charge >= 0.3 is 5.91 Å². The zero-order chi connectivity index (χ0) is 25.2. The van der Waals surface area contributed by atoms with Crippen LogP contribution in [0.15, 0.2) is 98.6 Å². The molecule has 0 unspecified atom stereocenters. The molecule has 6 nitrogen and oxygen atoms in total. The summed E-state index contributed by atoms with van der Waals surface area (Å²) in [7, 11) is -2.24. The van der Waals surface area contributed by atoms with Gasteiger partial charge in [0.25, 0.3) is 4.38 Å². The molecule has 3 aromatic carbocycles. The normalized spacial score (nSPS) is 17.4. The second-order valence-corrected chi connectivity index (χ2v) is 12.0. The zero-order valence-electron chi connectivity index (χ0n) is 19.2. The second-order valence-electron chi connectivity index (χ2n) is 7.58. The molecule has 10 heteroatoms. The van der Waals surface area contributed by atoms with E-state index < -0.39 is 10.1 Å². The quantitative estimate of drug-likeness (QED) is 0.234. The summed E-state index contributed by atoms with van der Waals surface area (Å²) < 4.78 is 34.0. The van der Waals surface area contributed by atoms with E-state index in [1.807, 2.05) is 67.3 Å². The molecule has 180 valence electrons. The Labute approximate surface area is 217 Å². The summed E-state index contributed by atoms with van der Waals surface area (Å²) >= 11 is 4.85. The van der Waals surface area contributed by atoms with Crippen molar-refractivity contribution >= 4 is 67.1 Å². The second kappa shape index (κ2) is 10.6. The fraction of sp³-hybridized carbons (Fsp3) is 0.120. The predicted molar refractivity (Wildman–Crippen MR) is 144 cm³/mol. The Morgan fingerprint density at radius 1 is 0.914 bits per heavy atom. The predicted octanol–water partition coefficient (Wildman–Crippen LogP) is 5.63. The monoisotopic (exact) mass is 542 g/mol. The van der Waals surface area contributed by atoms with Gasteiger partial charge in [-0.1, -0.05) is 71.6 Å². The topological polar surface area (TPSA) is 80.5 Å². The standard InChI is InChI=1S/C18H15N2OS3.C7H8O3S/c1-19-13-10-6-7-11-14(13)23-17(19)15-16(21)20(18(22-2)24-15)12-8-4-3-5-9-12;1-6-2-4-7(5-3-6)11(8,9)10/h3-11H,1-2H3;2-5H,1H3,(H,8,9,10)/q+1;/p-1/b17-15+;. The summed E-state index contributed by atoms with van der Waals surface area (Å²) in [6.07, 6.45) is 2.01. The first-order valence-electron chi connectivity index (χ1n) is 10.5. The van der Waals surface area contributed by atoms with E-state index in [-0.39, 0.29) is 10.8 Å². The average molecular weight is 543 g/mol. The molecule has 0 radical (unpaired) electrons. The molecule has 35 heavy (non-hydrogen) atoms. The van der Waals surface area contributed by atoms with Crippen LogP contribution in [0.1, 0.15) is 5.56 Å². The number of rotatable bonds is 2. The van der Waals surface area contributed by atoms with Crippen molar-refractivity contribution in [1.82, 2.24) is 0 Å². The van der Waals surface area contributed by atoms with Gasteiger partial charge in [0.1, 0.15) is 15.1 Å². The molecule has 0 N–H and O–H groups in total. The van der Waals surface area contributed by atoms with E-state index >= 15 is 0 Å². The Hall–Kier alpha value is -2.50. The summed E-state index contributed by atoms with van der Waals surface area (Å²) in [6.45, 7) is 1.82. The van der Waals surface area contributed by atoms with Gasteiger partial charge in [0.2, 0.25) is 5.69 Å². The molecule has 0 bridgehead atoms. The number of hydrogen-bond acceptors (Lipinski definition) is 8. The minimum Gasteiger partial charge on any atom is -0.744 e. The molecule has 0 aromatic heterocycles. The van der Waals surface area contributed by atoms with Crippen LogP contribution in [0.2, 0.25) is 0 Å². The minimum absolute atomic E-state index is 0.0534. The van der Waals surface area contributed by atoms with Gasteiger partial charge in [0.05, 0.1) is 10.6 Å². The maximum Gasteiger partial charge on any atom is 0.436 e. The molecule has 0 aliphatic carbocycles. The highest BCUT2D eigenvalue weighted by molar-refractivity contribution is 8.40. The van der Waals surface area contributed by atoms with E-state index in [1.54, 1.807) is 47.4 Å². The van der Waals surface area contributed by atoms with Crippen molar-refractivity contribution in [1.29, 1.82) is 0 Å². The maximum absolute atomic E-state index is 13.1. The van der Waals surface area contributed by atoms with Crippen LogP contribution in [0.5, 0.6) is 0 Å². The van der Waals surface area contributed by atoms with Crippen LogP contribution in [-0.4, -0.2) is 41.1 Å². The minimum atomic E-state index is -4.27. The van der Waals surface area contributed by atoms with Crippen molar-refractivity contribution in [3.63, 3.8) is 0 Å². The number of anilines is 1. The molecule has 3 aromatic rings. The number of thioether (sulfide) groups is 3. The van der Waals surface area contributed by atoms with Crippen LogP contribution in [0.25, 0.3) is 0 Å². The first-order valence-corrected chi connectivity index (χ1v) is 14.7. The van der Waals surface area contributed by atoms with Gasteiger partial charge in [-0.25, -0.2) is 13.2 Å². The highest BCUT2D eigenvalue weighted by Crippen LogP contribution is 2.50. The summed E-state index contributed by atoms with van der Waals surface area (Å²) in [5, 5.41) is 1.01. The van der Waals surface area contributed by atoms with Crippen molar-refractivity contribution in [3.05, 3.63) is 94.4 Å². The number of carbonyl (C=O) groups is 1. The zero-order valence-corrected chi connectivity index (χ0v) is 22.4. The third-order valence-corrected chi connectivity index (χ3v) is 9.63. The SMILES string of the molecule is CSC1=[N+](c2ccccc2)C(=O)/C(=C2\Sc3ccccc3N2C)S1.Cc1ccc(S(=O)(=O)[O-])cc1. The smallest absolute Gasteiger partial charge is 0.436 e. The fourth-order valence-corrected chi connectivity index (χ4v) is 7.05. The highest BCUT2D eigenvalue weighted by atomic mass is 32.2. The Morgan fingerprint density at radius 3 is 2.14 bits per heavy atom. The molecule has 0 atom stereocenters. The number of benzene rings is 3. The lowest BCUT2D eigenvalue weighted by Gasteiger charge is -2.13. The molecule has 1 amide bonds. The first-order chi connectivity index (χ1) is 16.7. The third-order valence-electron chi connectivity index (χ3n) is 5.20. The first kappa shape index (κ1) is 25.6. The number of hydrogen-bond donors (Lipinski definition) is 0. The van der Waals surface area contributed by atoms with Crippen LogP contribution < -0.4 is 4.90 Å². The van der Waals surface area contributed by atoms with E-state index in [2.05, 4.69) is 17.0 Å². The lowest BCUT2D eigenvalue weighted by molar-refractivity contribution is -0.354. The van der Waals surface area contributed by atoms with Crippen LogP contribution in [-0.2, 0) is 14.9 Å². The largest absolute Gasteiger partial charge is 0.744 e. The van der Waals surface area contributed by atoms with Crippen molar-refractivity contribution < 1.29 is 22.3 Å². The summed E-state index contributed by atoms with van der Waals surface area (Å²) in [5.74, 6) is 0.0534. The average Bonchev–Trinajstić information content (AvgIpc) is 3.36. The molecule has 5 rings (SSSR count). The molecule has 0 saturated heterocycles. The Morgan fingerprint density at radius 2 is 1.54 bits per heavy atom. The number of carbonyl (C=O) groups excluding carboxylic acids is 1. The van der Waals surface area contributed by atoms with Gasteiger partial charge in [0, 0.05) is 35.8 Å². The lowest BCUT2D eigenvalue weighted by Crippen LogP contribution is -2.17. The summed E-state index contributed by atoms with van der Waals surface area (Å²) in [5.41, 5.74) is 3.00. The molecule has 2 heterocycles. The Bertz CT molecular complexity index is 1430. The van der Waals surface area contributed by atoms with Gasteiger partial charge in [-0.2, -0.15) is 0 Å². The number of nitrogens with zero attached hydrogens (tertiary/aromatic N) is 2. The molecule has 0 fully saturated rings. The van der Waals surface area contributed by atoms with Crippen LogP contribution in [0.4, 0.5) is 11.4 Å². The van der Waals surface area contributed by atoms with E-state index in [9.17, 15) is 17.8 Å². The van der Waals surface area contributed by atoms with Crippen molar-refractivity contribution in [2.75, 3.05) is 18.2 Å². The van der Waals surface area contributed by atoms with Gasteiger partial charge < -0.3 is 9.45 Å². The van der Waals surface area contributed by atoms with Crippen molar-refractivity contribution in [2.24, 2.45) is 0 Å². The van der Waals surface area contributed by atoms with Crippen LogP contribution in [0, 0.1) is 6.92 Å². The molecule has 0 saturated carbocycles. The van der Waals surface area contributed by atoms with E-state index in [0.29, 0.717) is 0 Å². The van der Waals surface area contributed by atoms with E-state index in [4.69, 9.17) is 0 Å². The summed E-state index contributed by atoms with van der Waals surface area (Å²) in [6, 6.07) is 23.9. The Balaban J connectivity index is 0.000000221. The molecule has 2 aliphatic rings. The lowest BCUT2D eigenvalue weighted by atomic mass is 10.2. The molecular weight excluding hydrogens is 521 g/mol. The van der Waals surface area contributed by atoms with Gasteiger partial charge in [-0.15, -0.1) is 4.58 Å². The molecule has 2 aliphatic heterocycles. The van der Waals surface area contributed by atoms with Crippen molar-refractivity contribution in [3.8, 4) is 0 Å².